The van der Waals surface area contributed by atoms with Crippen LogP contribution in [-0.2, 0) is 6.42 Å². The molecule has 2 aromatic rings. The minimum atomic E-state index is 0.348. The van der Waals surface area contributed by atoms with E-state index in [1.54, 1.807) is 11.3 Å². The zero-order chi connectivity index (χ0) is 13.5. The highest BCUT2D eigenvalue weighted by molar-refractivity contribution is 7.09. The van der Waals surface area contributed by atoms with Gasteiger partial charge in [-0.1, -0.05) is 23.7 Å². The van der Waals surface area contributed by atoms with E-state index >= 15 is 0 Å². The molecule has 0 bridgehead atoms. The van der Waals surface area contributed by atoms with E-state index in [0.29, 0.717) is 17.7 Å². The van der Waals surface area contributed by atoms with Crippen LogP contribution in [0.25, 0.3) is 0 Å². The zero-order valence-corrected chi connectivity index (χ0v) is 12.5. The molecule has 0 saturated heterocycles. The number of hydrogen-bond donors (Lipinski definition) is 1. The molecule has 2 rings (SSSR count). The van der Waals surface area contributed by atoms with Crippen LogP contribution in [0.5, 0.6) is 5.75 Å². The maximum atomic E-state index is 5.93. The second-order valence-electron chi connectivity index (χ2n) is 4.37. The van der Waals surface area contributed by atoms with Crippen molar-refractivity contribution in [3.05, 3.63) is 51.7 Å². The molecule has 0 amide bonds. The van der Waals surface area contributed by atoms with Crippen molar-refractivity contribution >= 4 is 22.9 Å². The SMILES string of the molecule is CNC(CCc1cccs1)COc1cccc(Cl)c1. The fraction of sp³-hybridized carbons (Fsp3) is 0.333. The van der Waals surface area contributed by atoms with Crippen LogP contribution in [0, 0.1) is 0 Å². The number of benzene rings is 1. The molecule has 1 heterocycles. The average Bonchev–Trinajstić information content (AvgIpc) is 2.92. The topological polar surface area (TPSA) is 21.3 Å². The van der Waals surface area contributed by atoms with Crippen LogP contribution in [0.3, 0.4) is 0 Å². The number of likely N-dealkylation sites (N-methyl/N-ethyl adjacent to an activating group) is 1. The van der Waals surface area contributed by atoms with E-state index in [-0.39, 0.29) is 0 Å². The number of hydrogen-bond acceptors (Lipinski definition) is 3. The van der Waals surface area contributed by atoms with E-state index in [4.69, 9.17) is 16.3 Å². The van der Waals surface area contributed by atoms with Gasteiger partial charge in [-0.05, 0) is 49.5 Å². The normalized spacial score (nSPS) is 12.3. The molecule has 2 nitrogen and oxygen atoms in total. The van der Waals surface area contributed by atoms with Gasteiger partial charge in [0.1, 0.15) is 12.4 Å². The number of rotatable bonds is 7. The van der Waals surface area contributed by atoms with E-state index < -0.39 is 0 Å². The number of thiophene rings is 1. The largest absolute Gasteiger partial charge is 0.492 e. The highest BCUT2D eigenvalue weighted by atomic mass is 35.5. The van der Waals surface area contributed by atoms with Crippen molar-refractivity contribution in [1.29, 1.82) is 0 Å². The van der Waals surface area contributed by atoms with Gasteiger partial charge in [0.05, 0.1) is 0 Å². The van der Waals surface area contributed by atoms with E-state index in [2.05, 4.69) is 22.8 Å². The number of ether oxygens (including phenoxy) is 1. The van der Waals surface area contributed by atoms with Crippen molar-refractivity contribution in [3.63, 3.8) is 0 Å². The molecule has 1 N–H and O–H groups in total. The molecule has 1 unspecified atom stereocenters. The maximum Gasteiger partial charge on any atom is 0.120 e. The third kappa shape index (κ3) is 4.86. The molecule has 0 aliphatic rings. The van der Waals surface area contributed by atoms with Crippen LogP contribution in [0.2, 0.25) is 5.02 Å². The average molecular weight is 296 g/mol. The summed E-state index contributed by atoms with van der Waals surface area (Å²) in [4.78, 5) is 1.42. The lowest BCUT2D eigenvalue weighted by molar-refractivity contribution is 0.264. The molecule has 0 saturated carbocycles. The van der Waals surface area contributed by atoms with Crippen molar-refractivity contribution < 1.29 is 4.74 Å². The Morgan fingerprint density at radius 3 is 2.89 bits per heavy atom. The van der Waals surface area contributed by atoms with Crippen LogP contribution in [-0.4, -0.2) is 19.7 Å². The summed E-state index contributed by atoms with van der Waals surface area (Å²) in [7, 11) is 1.97. The number of halogens is 1. The summed E-state index contributed by atoms with van der Waals surface area (Å²) >= 11 is 7.73. The van der Waals surface area contributed by atoms with Gasteiger partial charge in [-0.15, -0.1) is 11.3 Å². The molecule has 0 aliphatic carbocycles. The van der Waals surface area contributed by atoms with Crippen LogP contribution in [0.1, 0.15) is 11.3 Å². The smallest absolute Gasteiger partial charge is 0.120 e. The molecule has 0 fully saturated rings. The lowest BCUT2D eigenvalue weighted by Gasteiger charge is -2.16. The molecular weight excluding hydrogens is 278 g/mol. The Bertz CT molecular complexity index is 487. The summed E-state index contributed by atoms with van der Waals surface area (Å²) in [5, 5.41) is 6.12. The summed E-state index contributed by atoms with van der Waals surface area (Å²) in [6.07, 6.45) is 2.15. The van der Waals surface area contributed by atoms with Gasteiger partial charge in [0.15, 0.2) is 0 Å². The van der Waals surface area contributed by atoms with Crippen LogP contribution < -0.4 is 10.1 Å². The van der Waals surface area contributed by atoms with Gasteiger partial charge < -0.3 is 10.1 Å². The molecule has 4 heteroatoms. The summed E-state index contributed by atoms with van der Waals surface area (Å²) in [5.41, 5.74) is 0. The van der Waals surface area contributed by atoms with Gasteiger partial charge in [0.2, 0.25) is 0 Å². The van der Waals surface area contributed by atoms with Gasteiger partial charge in [0, 0.05) is 15.9 Å². The van der Waals surface area contributed by atoms with Crippen LogP contribution >= 0.6 is 22.9 Å². The Kier molecular flexibility index (Phi) is 5.70. The molecule has 1 aromatic carbocycles. The Labute approximate surface area is 123 Å². The molecule has 0 aliphatic heterocycles. The molecule has 1 atom stereocenters. The first kappa shape index (κ1) is 14.4. The second kappa shape index (κ2) is 7.53. The van der Waals surface area contributed by atoms with Gasteiger partial charge in [0.25, 0.3) is 0 Å². The van der Waals surface area contributed by atoms with Crippen molar-refractivity contribution in [2.75, 3.05) is 13.7 Å². The second-order valence-corrected chi connectivity index (χ2v) is 5.84. The molecule has 102 valence electrons. The van der Waals surface area contributed by atoms with Gasteiger partial charge in [-0.3, -0.25) is 0 Å². The van der Waals surface area contributed by atoms with Crippen molar-refractivity contribution in [3.8, 4) is 5.75 Å². The molecular formula is C15H18ClNOS. The van der Waals surface area contributed by atoms with Crippen molar-refractivity contribution in [2.24, 2.45) is 0 Å². The van der Waals surface area contributed by atoms with Crippen LogP contribution in [0.15, 0.2) is 41.8 Å². The minimum absolute atomic E-state index is 0.348. The summed E-state index contributed by atoms with van der Waals surface area (Å²) in [6, 6.07) is 12.1. The summed E-state index contributed by atoms with van der Waals surface area (Å²) < 4.78 is 5.77. The highest BCUT2D eigenvalue weighted by Crippen LogP contribution is 2.18. The first-order valence-electron chi connectivity index (χ1n) is 6.36. The first-order valence-corrected chi connectivity index (χ1v) is 7.61. The quantitative estimate of drug-likeness (QED) is 0.833. The molecule has 0 radical (unpaired) electrons. The predicted molar refractivity (Wildman–Crippen MR) is 82.4 cm³/mol. The van der Waals surface area contributed by atoms with E-state index in [1.807, 2.05) is 31.3 Å². The Balaban J connectivity index is 1.79. The molecule has 19 heavy (non-hydrogen) atoms. The number of aryl methyl sites for hydroxylation is 1. The lowest BCUT2D eigenvalue weighted by atomic mass is 10.1. The monoisotopic (exact) mass is 295 g/mol. The first-order chi connectivity index (χ1) is 9.28. The Hall–Kier alpha value is -1.03. The maximum absolute atomic E-state index is 5.93. The third-order valence-electron chi connectivity index (χ3n) is 2.97. The summed E-state index contributed by atoms with van der Waals surface area (Å²) in [6.45, 7) is 0.655. The predicted octanol–water partition coefficient (Wildman–Crippen LogP) is 4.00. The zero-order valence-electron chi connectivity index (χ0n) is 10.9. The van der Waals surface area contributed by atoms with Gasteiger partial charge >= 0.3 is 0 Å². The Morgan fingerprint density at radius 2 is 2.21 bits per heavy atom. The van der Waals surface area contributed by atoms with Crippen molar-refractivity contribution in [1.82, 2.24) is 5.32 Å². The van der Waals surface area contributed by atoms with Crippen molar-refractivity contribution in [2.45, 2.75) is 18.9 Å². The summed E-state index contributed by atoms with van der Waals surface area (Å²) in [5.74, 6) is 0.823. The fourth-order valence-electron chi connectivity index (χ4n) is 1.84. The number of nitrogens with one attached hydrogen (secondary N) is 1. The molecule has 0 spiro atoms. The van der Waals surface area contributed by atoms with E-state index in [9.17, 15) is 0 Å². The fourth-order valence-corrected chi connectivity index (χ4v) is 2.74. The van der Waals surface area contributed by atoms with E-state index in [1.165, 1.54) is 4.88 Å². The van der Waals surface area contributed by atoms with Gasteiger partial charge in [-0.2, -0.15) is 0 Å². The highest BCUT2D eigenvalue weighted by Gasteiger charge is 2.08. The lowest BCUT2D eigenvalue weighted by Crippen LogP contribution is -2.32. The standard InChI is InChI=1S/C15H18ClNOS/c1-17-13(7-8-15-6-3-9-19-15)11-18-14-5-2-4-12(16)10-14/h2-6,9-10,13,17H,7-8,11H2,1H3. The third-order valence-corrected chi connectivity index (χ3v) is 4.15. The minimum Gasteiger partial charge on any atom is -0.492 e. The van der Waals surface area contributed by atoms with Gasteiger partial charge in [-0.25, -0.2) is 0 Å². The van der Waals surface area contributed by atoms with Crippen LogP contribution in [0.4, 0.5) is 0 Å². The van der Waals surface area contributed by atoms with E-state index in [0.717, 1.165) is 18.6 Å². The molecule has 1 aromatic heterocycles. The Morgan fingerprint density at radius 1 is 1.32 bits per heavy atom.